The van der Waals surface area contributed by atoms with Crippen LogP contribution < -0.4 is 29.8 Å². The molecule has 4 rings (SSSR count). The number of H-pyrrole nitrogens is 1. The maximum absolute atomic E-state index is 15.5. The highest BCUT2D eigenvalue weighted by Gasteiger charge is 2.74. The van der Waals surface area contributed by atoms with Gasteiger partial charge in [0.05, 0.1) is 20.8 Å². The van der Waals surface area contributed by atoms with Crippen LogP contribution in [0.5, 0.6) is 23.0 Å². The highest BCUT2D eigenvalue weighted by Crippen LogP contribution is 2.57. The molecule has 1 fully saturated rings. The van der Waals surface area contributed by atoms with Gasteiger partial charge in [-0.3, -0.25) is 18.9 Å². The minimum Gasteiger partial charge on any atom is -0.493 e. The molecule has 1 aliphatic heterocycles. The maximum atomic E-state index is 15.5. The van der Waals surface area contributed by atoms with Crippen LogP contribution in [0, 0.1) is 0 Å². The molecule has 0 unspecified atom stereocenters. The van der Waals surface area contributed by atoms with E-state index in [9.17, 15) is 23.5 Å². The van der Waals surface area contributed by atoms with Crippen molar-refractivity contribution in [2.75, 3.05) is 20.8 Å². The van der Waals surface area contributed by atoms with Gasteiger partial charge in [-0.2, -0.15) is 8.78 Å². The number of ether oxygens (including phenoxy) is 3. The Morgan fingerprint density at radius 3 is 1.98 bits per heavy atom. The first-order valence-electron chi connectivity index (χ1n) is 11.6. The molecule has 17 heteroatoms. The van der Waals surface area contributed by atoms with Crippen molar-refractivity contribution in [3.63, 3.8) is 0 Å². The van der Waals surface area contributed by atoms with Crippen LogP contribution >= 0.6 is 6.72 Å². The van der Waals surface area contributed by atoms with Crippen LogP contribution in [0.4, 0.5) is 17.6 Å². The molecule has 1 aliphatic rings. The Labute approximate surface area is 234 Å². The van der Waals surface area contributed by atoms with E-state index < -0.39 is 54.9 Å². The van der Waals surface area contributed by atoms with E-state index in [1.165, 1.54) is 50.6 Å². The van der Waals surface area contributed by atoms with E-state index in [1.54, 1.807) is 17.1 Å². The highest BCUT2D eigenvalue weighted by atomic mass is 32.5. The Morgan fingerprint density at radius 2 is 1.51 bits per heavy atom. The molecule has 0 aliphatic carbocycles. The van der Waals surface area contributed by atoms with Crippen molar-refractivity contribution >= 4 is 18.5 Å². The second-order valence-corrected chi connectivity index (χ2v) is 11.3. The molecular weight excluding hydrogens is 599 g/mol. The fraction of sp³-hybridized carbons (Fsp3) is 0.333. The summed E-state index contributed by atoms with van der Waals surface area (Å²) in [5, 5.41) is 10.4. The quantitative estimate of drug-likeness (QED) is 0.242. The second-order valence-electron chi connectivity index (χ2n) is 8.49. The fourth-order valence-corrected chi connectivity index (χ4v) is 5.81. The first kappa shape index (κ1) is 30.5. The van der Waals surface area contributed by atoms with E-state index in [2.05, 4.69) is 0 Å². The number of rotatable bonds is 11. The van der Waals surface area contributed by atoms with Crippen molar-refractivity contribution in [2.45, 2.75) is 30.3 Å². The fourth-order valence-electron chi connectivity index (χ4n) is 3.89. The minimum absolute atomic E-state index is 0.0591. The standard InChI is InChI=1S/C24H23F4N2O9PS/c1-34-14-7-3-5-9-16(14)38-40(41,39-17-10-6-4-8-15(17)35-2)36-13-23(21(25)26)24(27,28)19(32)20(37-23)30-12-11-18(31)29-22(30)33/h3-12,19-21,32H,13H2,1-2H3,(H,29,31,33)/t19-,20+,23-/m0/s1. The molecule has 3 atom stereocenters. The number of aromatic amines is 1. The number of benzene rings is 2. The summed E-state index contributed by atoms with van der Waals surface area (Å²) < 4.78 is 92.6. The van der Waals surface area contributed by atoms with E-state index in [0.29, 0.717) is 10.8 Å². The van der Waals surface area contributed by atoms with Crippen LogP contribution in [-0.2, 0) is 21.1 Å². The topological polar surface area (TPSA) is 130 Å². The van der Waals surface area contributed by atoms with Gasteiger partial charge in [-0.25, -0.2) is 13.6 Å². The summed E-state index contributed by atoms with van der Waals surface area (Å²) in [5.41, 5.74) is -6.02. The summed E-state index contributed by atoms with van der Waals surface area (Å²) in [5.74, 6) is -4.57. The Morgan fingerprint density at radius 1 is 1.00 bits per heavy atom. The average Bonchev–Trinajstić information content (AvgIpc) is 3.14. The van der Waals surface area contributed by atoms with Crippen LogP contribution in [0.25, 0.3) is 0 Å². The van der Waals surface area contributed by atoms with Crippen LogP contribution in [0.15, 0.2) is 70.4 Å². The van der Waals surface area contributed by atoms with Gasteiger partial charge in [-0.1, -0.05) is 24.3 Å². The molecule has 1 aromatic heterocycles. The third kappa shape index (κ3) is 5.83. The second kappa shape index (κ2) is 11.8. The highest BCUT2D eigenvalue weighted by molar-refractivity contribution is 8.07. The molecule has 0 spiro atoms. The lowest BCUT2D eigenvalue weighted by Crippen LogP contribution is -2.57. The van der Waals surface area contributed by atoms with Gasteiger partial charge in [-0.15, -0.1) is 0 Å². The number of nitrogens with one attached hydrogen (secondary N) is 1. The molecule has 222 valence electrons. The molecule has 0 saturated carbocycles. The maximum Gasteiger partial charge on any atom is 0.435 e. The molecular formula is C24H23F4N2O9PS. The lowest BCUT2D eigenvalue weighted by molar-refractivity contribution is -0.242. The van der Waals surface area contributed by atoms with Gasteiger partial charge >= 0.3 is 18.3 Å². The third-order valence-corrected chi connectivity index (χ3v) is 8.06. The van der Waals surface area contributed by atoms with Crippen molar-refractivity contribution in [1.29, 1.82) is 0 Å². The summed E-state index contributed by atoms with van der Waals surface area (Å²) in [6, 6.07) is 12.7. The minimum atomic E-state index is -4.71. The molecule has 0 amide bonds. The van der Waals surface area contributed by atoms with Gasteiger partial charge in [0.1, 0.15) is 0 Å². The number of nitrogens with zero attached hydrogens (tertiary/aromatic N) is 1. The average molecular weight is 622 g/mol. The van der Waals surface area contributed by atoms with Crippen LogP contribution in [0.3, 0.4) is 0 Å². The van der Waals surface area contributed by atoms with Crippen LogP contribution in [-0.4, -0.2) is 59.5 Å². The molecule has 11 nitrogen and oxygen atoms in total. The largest absolute Gasteiger partial charge is 0.493 e. The van der Waals surface area contributed by atoms with Crippen molar-refractivity contribution in [3.05, 3.63) is 81.6 Å². The summed E-state index contributed by atoms with van der Waals surface area (Å²) in [6.45, 7) is -5.99. The van der Waals surface area contributed by atoms with E-state index in [4.69, 9.17) is 39.6 Å². The summed E-state index contributed by atoms with van der Waals surface area (Å²) in [7, 11) is 2.62. The first-order chi connectivity index (χ1) is 19.4. The zero-order chi connectivity index (χ0) is 30.0. The summed E-state index contributed by atoms with van der Waals surface area (Å²) in [4.78, 5) is 25.4. The zero-order valence-corrected chi connectivity index (χ0v) is 23.0. The number of alkyl halides is 4. The number of hydrogen-bond donors (Lipinski definition) is 2. The number of aliphatic hydroxyl groups is 1. The molecule has 2 N–H and O–H groups in total. The van der Waals surface area contributed by atoms with Crippen LogP contribution in [0.2, 0.25) is 0 Å². The van der Waals surface area contributed by atoms with Crippen molar-refractivity contribution in [3.8, 4) is 23.0 Å². The van der Waals surface area contributed by atoms with E-state index in [-0.39, 0.29) is 23.0 Å². The Kier molecular flexibility index (Phi) is 8.80. The summed E-state index contributed by atoms with van der Waals surface area (Å²) in [6.07, 6.45) is -8.58. The number of aromatic nitrogens is 2. The molecule has 0 bridgehead atoms. The predicted molar refractivity (Wildman–Crippen MR) is 139 cm³/mol. The van der Waals surface area contributed by atoms with Gasteiger partial charge in [0.2, 0.25) is 5.60 Å². The van der Waals surface area contributed by atoms with Crippen molar-refractivity contribution < 1.29 is 50.5 Å². The van der Waals surface area contributed by atoms with Gasteiger partial charge in [-0.05, 0) is 24.3 Å². The van der Waals surface area contributed by atoms with Gasteiger partial charge in [0.25, 0.3) is 12.0 Å². The monoisotopic (exact) mass is 622 g/mol. The Bertz CT molecular complexity index is 1500. The smallest absolute Gasteiger partial charge is 0.435 e. The Balaban J connectivity index is 1.73. The van der Waals surface area contributed by atoms with Gasteiger partial charge < -0.3 is 28.4 Å². The first-order valence-corrected chi connectivity index (χ1v) is 14.2. The normalized spacial score (nSPS) is 22.0. The number of hydrogen-bond acceptors (Lipinski definition) is 10. The number of halogens is 4. The molecule has 2 heterocycles. The Hall–Kier alpha value is -3.43. The number of methoxy groups -OCH3 is 2. The molecule has 1 saturated heterocycles. The SMILES string of the molecule is COc1ccccc1OP(=S)(OC[C@@]1(C(F)F)O[C@@H](n2ccc(=O)[nH]c2=O)[C@H](O)C1(F)F)Oc1ccccc1OC. The lowest BCUT2D eigenvalue weighted by Gasteiger charge is -2.34. The van der Waals surface area contributed by atoms with Crippen molar-refractivity contribution in [2.24, 2.45) is 0 Å². The molecule has 0 radical (unpaired) electrons. The lowest BCUT2D eigenvalue weighted by atomic mass is 9.95. The van der Waals surface area contributed by atoms with E-state index >= 15 is 8.78 Å². The van der Waals surface area contributed by atoms with Crippen LogP contribution in [0.1, 0.15) is 6.23 Å². The molecule has 41 heavy (non-hydrogen) atoms. The molecule has 2 aromatic carbocycles. The van der Waals surface area contributed by atoms with E-state index in [0.717, 1.165) is 6.07 Å². The molecule has 3 aromatic rings. The number of aliphatic hydroxyl groups excluding tert-OH is 1. The summed E-state index contributed by atoms with van der Waals surface area (Å²) >= 11 is 5.44. The van der Waals surface area contributed by atoms with Gasteiger partial charge in [0.15, 0.2) is 35.3 Å². The predicted octanol–water partition coefficient (Wildman–Crippen LogP) is 3.48. The zero-order valence-electron chi connectivity index (χ0n) is 21.2. The van der Waals surface area contributed by atoms with Gasteiger partial charge in [0, 0.05) is 24.1 Å². The number of para-hydroxylation sites is 4. The van der Waals surface area contributed by atoms with E-state index in [1.807, 2.05) is 0 Å². The third-order valence-electron chi connectivity index (χ3n) is 6.01. The van der Waals surface area contributed by atoms with Crippen molar-refractivity contribution in [1.82, 2.24) is 9.55 Å².